The average molecular weight is 290 g/mol. The molecule has 0 radical (unpaired) electrons. The predicted molar refractivity (Wildman–Crippen MR) is 37.7 cm³/mol. The Kier molecular flexibility index (Phi) is 4.01. The zero-order chi connectivity index (χ0) is 15.0. The molecule has 0 heterocycles. The molecule has 106 valence electrons. The van der Waals surface area contributed by atoms with Gasteiger partial charge in [0, 0.05) is 6.08 Å². The van der Waals surface area contributed by atoms with Crippen molar-refractivity contribution in [3.05, 3.63) is 12.2 Å². The van der Waals surface area contributed by atoms with Gasteiger partial charge in [-0.1, -0.05) is 0 Å². The van der Waals surface area contributed by atoms with E-state index in [2.05, 4.69) is 0 Å². The monoisotopic (exact) mass is 290 g/mol. The molecule has 2 nitrogen and oxygen atoms in total. The van der Waals surface area contributed by atoms with E-state index in [9.17, 15) is 44.3 Å². The molecule has 0 saturated carbocycles. The molecule has 18 heavy (non-hydrogen) atoms. The fraction of sp³-hybridized carbons (Fsp3) is 0.571. The van der Waals surface area contributed by atoms with Crippen LogP contribution in [-0.4, -0.2) is 35.0 Å². The zero-order valence-corrected chi connectivity index (χ0v) is 7.91. The molecule has 0 aliphatic rings. The maximum Gasteiger partial charge on any atom is 0.457 e. The van der Waals surface area contributed by atoms with Crippen molar-refractivity contribution in [1.29, 1.82) is 0 Å². The lowest BCUT2D eigenvalue weighted by Gasteiger charge is -2.33. The first-order valence-electron chi connectivity index (χ1n) is 3.79. The normalized spacial score (nSPS) is 17.8. The van der Waals surface area contributed by atoms with Crippen LogP contribution in [0.5, 0.6) is 0 Å². The van der Waals surface area contributed by atoms with Gasteiger partial charge in [-0.2, -0.15) is 35.1 Å². The van der Waals surface area contributed by atoms with Crippen molar-refractivity contribution in [2.45, 2.75) is 23.9 Å². The smallest absolute Gasteiger partial charge is 0.457 e. The Balaban J connectivity index is 5.88. The first-order chi connectivity index (χ1) is 7.67. The van der Waals surface area contributed by atoms with Crippen molar-refractivity contribution in [2.24, 2.45) is 0 Å². The lowest BCUT2D eigenvalue weighted by molar-refractivity contribution is -0.369. The van der Waals surface area contributed by atoms with Crippen LogP contribution in [0, 0.1) is 0 Å². The third kappa shape index (κ3) is 2.70. The molecule has 0 aromatic rings. The van der Waals surface area contributed by atoms with Crippen molar-refractivity contribution >= 4 is 5.97 Å². The van der Waals surface area contributed by atoms with E-state index >= 15 is 0 Å². The highest BCUT2D eigenvalue weighted by molar-refractivity contribution is 5.80. The molecule has 11 heteroatoms. The highest BCUT2D eigenvalue weighted by Crippen LogP contribution is 2.53. The molecule has 0 fully saturated rings. The number of allylic oxidation sites excluding steroid dienone is 1. The number of aliphatic carboxylic acids is 1. The van der Waals surface area contributed by atoms with Crippen molar-refractivity contribution < 1.29 is 49.4 Å². The molecule has 0 aromatic heterocycles. The van der Waals surface area contributed by atoms with E-state index in [4.69, 9.17) is 5.11 Å². The van der Waals surface area contributed by atoms with E-state index in [1.54, 1.807) is 0 Å². The van der Waals surface area contributed by atoms with E-state index < -0.39 is 42.1 Å². The van der Waals surface area contributed by atoms with Crippen molar-refractivity contribution in [2.75, 3.05) is 0 Å². The Morgan fingerprint density at radius 1 is 0.833 bits per heavy atom. The van der Waals surface area contributed by atoms with Crippen LogP contribution in [0.4, 0.5) is 39.5 Å². The van der Waals surface area contributed by atoms with Crippen molar-refractivity contribution in [3.63, 3.8) is 0 Å². The van der Waals surface area contributed by atoms with Crippen LogP contribution >= 0.6 is 0 Å². The minimum Gasteiger partial charge on any atom is -0.478 e. The summed E-state index contributed by atoms with van der Waals surface area (Å²) in [6.07, 6.45) is -15.7. The van der Waals surface area contributed by atoms with Gasteiger partial charge in [0.1, 0.15) is 0 Å². The molecule has 0 aromatic carbocycles. The standard InChI is InChI=1S/C7H3F9O2/c8-4(6(11,12)13,2-1-3(17)18)5(9,10)7(14,15)16/h1-2H,(H,17,18)/b2-1-. The highest BCUT2D eigenvalue weighted by atomic mass is 19.4. The summed E-state index contributed by atoms with van der Waals surface area (Å²) >= 11 is 0. The van der Waals surface area contributed by atoms with E-state index in [0.717, 1.165) is 0 Å². The van der Waals surface area contributed by atoms with Gasteiger partial charge >= 0.3 is 24.2 Å². The molecule has 1 N–H and O–H groups in total. The quantitative estimate of drug-likeness (QED) is 0.640. The summed E-state index contributed by atoms with van der Waals surface area (Å²) in [5.41, 5.74) is -6.17. The third-order valence-electron chi connectivity index (χ3n) is 1.68. The summed E-state index contributed by atoms with van der Waals surface area (Å²) < 4.78 is 109. The van der Waals surface area contributed by atoms with Gasteiger partial charge in [-0.25, -0.2) is 9.18 Å². The molecule has 1 atom stereocenters. The van der Waals surface area contributed by atoms with Crippen LogP contribution in [0.15, 0.2) is 12.2 Å². The van der Waals surface area contributed by atoms with Crippen LogP contribution in [-0.2, 0) is 4.79 Å². The minimum atomic E-state index is -6.85. The summed E-state index contributed by atoms with van der Waals surface area (Å²) in [6, 6.07) is 0. The molecular weight excluding hydrogens is 287 g/mol. The number of carboxylic acid groups (broad SMARTS) is 1. The SMILES string of the molecule is O=C(O)/C=C\C(F)(C(F)(F)F)C(F)(F)C(F)(F)F. The lowest BCUT2D eigenvalue weighted by Crippen LogP contribution is -2.61. The van der Waals surface area contributed by atoms with Gasteiger partial charge < -0.3 is 5.11 Å². The first-order valence-corrected chi connectivity index (χ1v) is 3.79. The maximum absolute atomic E-state index is 13.0. The molecule has 0 rings (SSSR count). The van der Waals surface area contributed by atoms with Gasteiger partial charge in [0.15, 0.2) is 0 Å². The number of halogens is 9. The Hall–Kier alpha value is -1.42. The second-order valence-corrected chi connectivity index (χ2v) is 2.95. The molecule has 0 amide bonds. The van der Waals surface area contributed by atoms with Crippen LogP contribution < -0.4 is 0 Å². The second kappa shape index (κ2) is 4.35. The molecule has 0 aliphatic heterocycles. The summed E-state index contributed by atoms with van der Waals surface area (Å²) in [7, 11) is 0. The van der Waals surface area contributed by atoms with Gasteiger partial charge in [-0.3, -0.25) is 0 Å². The molecule has 0 spiro atoms. The summed E-state index contributed by atoms with van der Waals surface area (Å²) in [5.74, 6) is -9.15. The minimum absolute atomic E-state index is 0.785. The summed E-state index contributed by atoms with van der Waals surface area (Å²) in [6.45, 7) is 0. The topological polar surface area (TPSA) is 37.3 Å². The lowest BCUT2D eigenvalue weighted by atomic mass is 9.95. The maximum atomic E-state index is 13.0. The Labute approximate surface area is 92.7 Å². The van der Waals surface area contributed by atoms with Crippen molar-refractivity contribution in [1.82, 2.24) is 0 Å². The Morgan fingerprint density at radius 2 is 1.22 bits per heavy atom. The largest absolute Gasteiger partial charge is 0.478 e. The predicted octanol–water partition coefficient (Wildman–Crippen LogP) is 3.10. The van der Waals surface area contributed by atoms with E-state index in [0.29, 0.717) is 0 Å². The van der Waals surface area contributed by atoms with Gasteiger partial charge in [-0.15, -0.1) is 0 Å². The van der Waals surface area contributed by atoms with Crippen molar-refractivity contribution in [3.8, 4) is 0 Å². The summed E-state index contributed by atoms with van der Waals surface area (Å²) in [5, 5.41) is 7.86. The van der Waals surface area contributed by atoms with Crippen LogP contribution in [0.3, 0.4) is 0 Å². The second-order valence-electron chi connectivity index (χ2n) is 2.95. The highest BCUT2D eigenvalue weighted by Gasteiger charge is 2.80. The number of hydrogen-bond donors (Lipinski definition) is 1. The molecule has 0 saturated heterocycles. The zero-order valence-electron chi connectivity index (χ0n) is 7.91. The fourth-order valence-electron chi connectivity index (χ4n) is 0.770. The fourth-order valence-corrected chi connectivity index (χ4v) is 0.770. The van der Waals surface area contributed by atoms with E-state index in [1.165, 1.54) is 0 Å². The van der Waals surface area contributed by atoms with Gasteiger partial charge in [0.2, 0.25) is 0 Å². The first kappa shape index (κ1) is 16.6. The number of carbonyl (C=O) groups is 1. The van der Waals surface area contributed by atoms with Crippen LogP contribution in [0.25, 0.3) is 0 Å². The number of rotatable bonds is 3. The van der Waals surface area contributed by atoms with Gasteiger partial charge in [0.05, 0.1) is 0 Å². The molecule has 0 aliphatic carbocycles. The molecular formula is C7H3F9O2. The Morgan fingerprint density at radius 3 is 1.44 bits per heavy atom. The van der Waals surface area contributed by atoms with Gasteiger partial charge in [-0.05, 0) is 6.08 Å². The van der Waals surface area contributed by atoms with Crippen LogP contribution in [0.1, 0.15) is 0 Å². The number of alkyl halides is 9. The number of carboxylic acids is 1. The van der Waals surface area contributed by atoms with E-state index in [1.807, 2.05) is 0 Å². The van der Waals surface area contributed by atoms with E-state index in [-0.39, 0.29) is 0 Å². The van der Waals surface area contributed by atoms with Crippen LogP contribution in [0.2, 0.25) is 0 Å². The molecule has 1 unspecified atom stereocenters. The average Bonchev–Trinajstić information content (AvgIpc) is 2.09. The third-order valence-corrected chi connectivity index (χ3v) is 1.68. The number of hydrogen-bond acceptors (Lipinski definition) is 1. The Bertz CT molecular complexity index is 353. The van der Waals surface area contributed by atoms with Gasteiger partial charge in [0.25, 0.3) is 5.67 Å². The summed E-state index contributed by atoms with van der Waals surface area (Å²) in [4.78, 5) is 9.80. The molecule has 0 bridgehead atoms.